The molecular weight excluding hydrogens is 151 g/mol. The normalized spacial score (nSPS) is 12.0. The van der Waals surface area contributed by atoms with Crippen LogP contribution in [0.1, 0.15) is 59.3 Å². The Morgan fingerprint density at radius 2 is 1.09 bits per heavy atom. The standard InChI is InChI=1S/C10H23P/c1-4-7-10(11,8-5-2)9-6-3/h4-9,11H2,1-3H3. The van der Waals surface area contributed by atoms with E-state index in [-0.39, 0.29) is 0 Å². The lowest BCUT2D eigenvalue weighted by Crippen LogP contribution is -2.19. The minimum Gasteiger partial charge on any atom is -0.131 e. The molecule has 0 saturated carbocycles. The summed E-state index contributed by atoms with van der Waals surface area (Å²) in [6, 6.07) is 0. The van der Waals surface area contributed by atoms with E-state index in [1.165, 1.54) is 38.5 Å². The third kappa shape index (κ3) is 4.80. The van der Waals surface area contributed by atoms with Gasteiger partial charge in [0.15, 0.2) is 0 Å². The molecule has 0 amide bonds. The molecule has 0 bridgehead atoms. The Morgan fingerprint density at radius 1 is 0.818 bits per heavy atom. The number of hydrogen-bond acceptors (Lipinski definition) is 0. The number of hydrogen-bond donors (Lipinski definition) is 0. The minimum atomic E-state index is 0.568. The van der Waals surface area contributed by atoms with Crippen LogP contribution in [0.25, 0.3) is 0 Å². The molecule has 1 atom stereocenters. The van der Waals surface area contributed by atoms with Crippen molar-refractivity contribution in [2.24, 2.45) is 0 Å². The Hall–Kier alpha value is 0.430. The highest BCUT2D eigenvalue weighted by molar-refractivity contribution is 7.18. The monoisotopic (exact) mass is 174 g/mol. The van der Waals surface area contributed by atoms with E-state index in [9.17, 15) is 0 Å². The van der Waals surface area contributed by atoms with Gasteiger partial charge in [-0.15, -0.1) is 9.24 Å². The molecule has 0 aromatic rings. The van der Waals surface area contributed by atoms with Crippen molar-refractivity contribution in [1.82, 2.24) is 0 Å². The lowest BCUT2D eigenvalue weighted by Gasteiger charge is -2.28. The van der Waals surface area contributed by atoms with Gasteiger partial charge < -0.3 is 0 Å². The molecule has 0 aliphatic heterocycles. The molecule has 0 nitrogen and oxygen atoms in total. The van der Waals surface area contributed by atoms with Crippen LogP contribution in [0, 0.1) is 0 Å². The van der Waals surface area contributed by atoms with E-state index in [0.29, 0.717) is 5.16 Å². The van der Waals surface area contributed by atoms with Gasteiger partial charge >= 0.3 is 0 Å². The van der Waals surface area contributed by atoms with Gasteiger partial charge in [-0.1, -0.05) is 40.0 Å². The van der Waals surface area contributed by atoms with Crippen LogP contribution in [0.5, 0.6) is 0 Å². The molecule has 0 rings (SSSR count). The van der Waals surface area contributed by atoms with Crippen molar-refractivity contribution in [2.45, 2.75) is 64.5 Å². The van der Waals surface area contributed by atoms with E-state index in [0.717, 1.165) is 0 Å². The van der Waals surface area contributed by atoms with Crippen LogP contribution in [0.15, 0.2) is 0 Å². The van der Waals surface area contributed by atoms with Gasteiger partial charge in [-0.25, -0.2) is 0 Å². The van der Waals surface area contributed by atoms with Crippen molar-refractivity contribution >= 4 is 9.24 Å². The van der Waals surface area contributed by atoms with Crippen LogP contribution in [0.3, 0.4) is 0 Å². The zero-order chi connectivity index (χ0) is 8.74. The molecule has 0 aromatic heterocycles. The summed E-state index contributed by atoms with van der Waals surface area (Å²) in [5.41, 5.74) is 0. The van der Waals surface area contributed by atoms with Crippen molar-refractivity contribution in [3.8, 4) is 0 Å². The fourth-order valence-electron chi connectivity index (χ4n) is 1.87. The second kappa shape index (κ2) is 6.00. The second-order valence-corrected chi connectivity index (χ2v) is 4.84. The van der Waals surface area contributed by atoms with Gasteiger partial charge in [0.25, 0.3) is 0 Å². The zero-order valence-corrected chi connectivity index (χ0v) is 9.47. The summed E-state index contributed by atoms with van der Waals surface area (Å²) in [4.78, 5) is 0. The Morgan fingerprint density at radius 3 is 1.27 bits per heavy atom. The molecule has 11 heavy (non-hydrogen) atoms. The van der Waals surface area contributed by atoms with Crippen LogP contribution < -0.4 is 0 Å². The Bertz CT molecular complexity index is 71.9. The molecule has 0 spiro atoms. The summed E-state index contributed by atoms with van der Waals surface area (Å²) in [7, 11) is 3.08. The Labute approximate surface area is 74.4 Å². The molecule has 0 heterocycles. The van der Waals surface area contributed by atoms with Crippen molar-refractivity contribution in [3.63, 3.8) is 0 Å². The molecular formula is C10H23P. The Kier molecular flexibility index (Phi) is 6.24. The van der Waals surface area contributed by atoms with E-state index < -0.39 is 0 Å². The van der Waals surface area contributed by atoms with Crippen molar-refractivity contribution in [2.75, 3.05) is 0 Å². The summed E-state index contributed by atoms with van der Waals surface area (Å²) in [5.74, 6) is 0. The van der Waals surface area contributed by atoms with Crippen molar-refractivity contribution < 1.29 is 0 Å². The molecule has 0 radical (unpaired) electrons. The number of rotatable bonds is 6. The maximum absolute atomic E-state index is 3.08. The van der Waals surface area contributed by atoms with Gasteiger partial charge in [0.05, 0.1) is 0 Å². The van der Waals surface area contributed by atoms with E-state index in [4.69, 9.17) is 0 Å². The zero-order valence-electron chi connectivity index (χ0n) is 8.32. The summed E-state index contributed by atoms with van der Waals surface area (Å²) in [6.45, 7) is 6.85. The van der Waals surface area contributed by atoms with Gasteiger partial charge in [-0.3, -0.25) is 0 Å². The first-order valence-electron chi connectivity index (χ1n) is 4.97. The molecule has 0 fully saturated rings. The van der Waals surface area contributed by atoms with Crippen LogP contribution in [0.2, 0.25) is 0 Å². The molecule has 0 N–H and O–H groups in total. The van der Waals surface area contributed by atoms with E-state index in [1.54, 1.807) is 0 Å². The minimum absolute atomic E-state index is 0.568. The van der Waals surface area contributed by atoms with E-state index in [1.807, 2.05) is 0 Å². The lowest BCUT2D eigenvalue weighted by molar-refractivity contribution is 0.453. The Balaban J connectivity index is 3.79. The quantitative estimate of drug-likeness (QED) is 0.534. The lowest BCUT2D eigenvalue weighted by atomic mass is 9.92. The molecule has 1 heteroatoms. The topological polar surface area (TPSA) is 0 Å². The molecule has 0 saturated heterocycles. The van der Waals surface area contributed by atoms with Gasteiger partial charge in [-0.05, 0) is 24.4 Å². The second-order valence-electron chi connectivity index (χ2n) is 3.61. The first-order valence-corrected chi connectivity index (χ1v) is 5.55. The van der Waals surface area contributed by atoms with E-state index in [2.05, 4.69) is 30.0 Å². The predicted octanol–water partition coefficient (Wildman–Crippen LogP) is 4.00. The van der Waals surface area contributed by atoms with Gasteiger partial charge in [0.1, 0.15) is 0 Å². The first-order chi connectivity index (χ1) is 5.18. The third-order valence-corrected chi connectivity index (χ3v) is 3.11. The van der Waals surface area contributed by atoms with Gasteiger partial charge in [-0.2, -0.15) is 0 Å². The van der Waals surface area contributed by atoms with E-state index >= 15 is 0 Å². The summed E-state index contributed by atoms with van der Waals surface area (Å²) < 4.78 is 0. The highest BCUT2D eigenvalue weighted by Gasteiger charge is 2.20. The predicted molar refractivity (Wildman–Crippen MR) is 57.2 cm³/mol. The smallest absolute Gasteiger partial charge is 0.0150 e. The molecule has 0 aromatic carbocycles. The largest absolute Gasteiger partial charge is 0.131 e. The molecule has 0 aliphatic rings. The third-order valence-electron chi connectivity index (χ3n) is 2.24. The molecule has 0 aliphatic carbocycles. The average molecular weight is 174 g/mol. The van der Waals surface area contributed by atoms with Crippen LogP contribution in [0.4, 0.5) is 0 Å². The maximum Gasteiger partial charge on any atom is -0.0150 e. The fourth-order valence-corrected chi connectivity index (χ4v) is 2.73. The van der Waals surface area contributed by atoms with Crippen molar-refractivity contribution in [3.05, 3.63) is 0 Å². The molecule has 68 valence electrons. The van der Waals surface area contributed by atoms with Crippen LogP contribution in [-0.4, -0.2) is 5.16 Å². The van der Waals surface area contributed by atoms with Crippen LogP contribution >= 0.6 is 9.24 Å². The fraction of sp³-hybridized carbons (Fsp3) is 1.00. The summed E-state index contributed by atoms with van der Waals surface area (Å²) in [6.07, 6.45) is 8.09. The first kappa shape index (κ1) is 11.4. The van der Waals surface area contributed by atoms with Crippen LogP contribution in [-0.2, 0) is 0 Å². The molecule has 1 unspecified atom stereocenters. The highest BCUT2D eigenvalue weighted by Crippen LogP contribution is 2.34. The van der Waals surface area contributed by atoms with Gasteiger partial charge in [0.2, 0.25) is 0 Å². The van der Waals surface area contributed by atoms with Crippen molar-refractivity contribution in [1.29, 1.82) is 0 Å². The maximum atomic E-state index is 3.08. The van der Waals surface area contributed by atoms with Gasteiger partial charge in [0, 0.05) is 0 Å². The summed E-state index contributed by atoms with van der Waals surface area (Å²) in [5, 5.41) is 0.568. The highest BCUT2D eigenvalue weighted by atomic mass is 31.0. The average Bonchev–Trinajstić information content (AvgIpc) is 1.88. The SMILES string of the molecule is CCCC(P)(CCC)CCC. The summed E-state index contributed by atoms with van der Waals surface area (Å²) >= 11 is 0.